The molecule has 0 amide bonds. The zero-order valence-corrected chi connectivity index (χ0v) is 14.4. The number of halogens is 1. The number of esters is 1. The molecule has 24 heavy (non-hydrogen) atoms. The summed E-state index contributed by atoms with van der Waals surface area (Å²) < 4.78 is 16.2. The van der Waals surface area contributed by atoms with Crippen LogP contribution in [0.5, 0.6) is 11.5 Å². The number of hydrogen-bond acceptors (Lipinski definition) is 4. The van der Waals surface area contributed by atoms with E-state index in [0.717, 1.165) is 18.6 Å². The summed E-state index contributed by atoms with van der Waals surface area (Å²) in [6.45, 7) is 3.16. The Bertz CT molecular complexity index is 643. The van der Waals surface area contributed by atoms with E-state index in [9.17, 15) is 4.79 Å². The Hall–Kier alpha value is -2.20. The van der Waals surface area contributed by atoms with Crippen molar-refractivity contribution in [2.75, 3.05) is 19.8 Å². The molecule has 0 aliphatic rings. The number of para-hydroxylation sites is 1. The van der Waals surface area contributed by atoms with Crippen LogP contribution < -0.4 is 9.47 Å². The molecular weight excluding hydrogens is 328 g/mol. The first kappa shape index (κ1) is 18.1. The topological polar surface area (TPSA) is 44.8 Å². The molecule has 2 rings (SSSR count). The van der Waals surface area contributed by atoms with E-state index in [-0.39, 0.29) is 6.61 Å². The minimum Gasteiger partial charge on any atom is -0.492 e. The van der Waals surface area contributed by atoms with Crippen LogP contribution in [-0.4, -0.2) is 25.8 Å². The van der Waals surface area contributed by atoms with Crippen LogP contribution in [0.15, 0.2) is 48.5 Å². The van der Waals surface area contributed by atoms with Gasteiger partial charge in [-0.05, 0) is 36.8 Å². The number of carbonyl (C=O) groups excluding carboxylic acids is 1. The minimum atomic E-state index is -0.436. The molecule has 2 aromatic carbocycles. The lowest BCUT2D eigenvalue weighted by Gasteiger charge is -2.10. The molecule has 0 unspecified atom stereocenters. The van der Waals surface area contributed by atoms with E-state index in [1.54, 1.807) is 18.2 Å². The second-order valence-corrected chi connectivity index (χ2v) is 5.55. The summed E-state index contributed by atoms with van der Waals surface area (Å²) in [4.78, 5) is 12.0. The zero-order valence-electron chi connectivity index (χ0n) is 13.7. The molecule has 0 bridgehead atoms. The van der Waals surface area contributed by atoms with Crippen molar-refractivity contribution in [1.82, 2.24) is 0 Å². The van der Waals surface area contributed by atoms with E-state index in [0.29, 0.717) is 29.5 Å². The second-order valence-electron chi connectivity index (χ2n) is 5.14. The molecule has 0 atom stereocenters. The van der Waals surface area contributed by atoms with Crippen LogP contribution in [-0.2, 0) is 4.74 Å². The van der Waals surface area contributed by atoms with Crippen LogP contribution in [0.1, 0.15) is 30.1 Å². The fourth-order valence-electron chi connectivity index (χ4n) is 1.97. The summed E-state index contributed by atoms with van der Waals surface area (Å²) in [6.07, 6.45) is 2.01. The van der Waals surface area contributed by atoms with Gasteiger partial charge in [-0.3, -0.25) is 0 Å². The van der Waals surface area contributed by atoms with Gasteiger partial charge < -0.3 is 14.2 Å². The average molecular weight is 349 g/mol. The van der Waals surface area contributed by atoms with Gasteiger partial charge in [0.1, 0.15) is 24.7 Å². The van der Waals surface area contributed by atoms with Gasteiger partial charge in [-0.2, -0.15) is 0 Å². The highest BCUT2D eigenvalue weighted by atomic mass is 35.5. The monoisotopic (exact) mass is 348 g/mol. The molecule has 0 saturated heterocycles. The Morgan fingerprint density at radius 2 is 1.79 bits per heavy atom. The maximum Gasteiger partial charge on any atom is 0.338 e. The van der Waals surface area contributed by atoms with Crippen LogP contribution in [0.4, 0.5) is 0 Å². The molecule has 0 fully saturated rings. The van der Waals surface area contributed by atoms with Crippen LogP contribution in [0.2, 0.25) is 5.02 Å². The summed E-state index contributed by atoms with van der Waals surface area (Å²) in [6, 6.07) is 14.3. The fraction of sp³-hybridized carbons (Fsp3) is 0.316. The highest BCUT2D eigenvalue weighted by Gasteiger charge is 2.11. The van der Waals surface area contributed by atoms with Gasteiger partial charge in [0.2, 0.25) is 0 Å². The number of unbranched alkanes of at least 4 members (excludes halogenated alkanes) is 1. The standard InChI is InChI=1S/C19H21ClO4/c1-2-3-11-23-18-10-9-15(14-17(18)20)19(21)24-13-12-22-16-7-5-4-6-8-16/h4-10,14H,2-3,11-13H2,1H3. The van der Waals surface area contributed by atoms with E-state index >= 15 is 0 Å². The van der Waals surface area contributed by atoms with Crippen molar-refractivity contribution < 1.29 is 19.0 Å². The first-order valence-corrected chi connectivity index (χ1v) is 8.36. The molecule has 2 aromatic rings. The summed E-state index contributed by atoms with van der Waals surface area (Å²) in [7, 11) is 0. The summed E-state index contributed by atoms with van der Waals surface area (Å²) in [5.74, 6) is 0.882. The van der Waals surface area contributed by atoms with Crippen molar-refractivity contribution in [2.24, 2.45) is 0 Å². The molecule has 0 N–H and O–H groups in total. The first-order valence-electron chi connectivity index (χ1n) is 7.98. The lowest BCUT2D eigenvalue weighted by atomic mass is 10.2. The first-order chi connectivity index (χ1) is 11.7. The molecule has 4 nitrogen and oxygen atoms in total. The van der Waals surface area contributed by atoms with Crippen molar-refractivity contribution in [3.63, 3.8) is 0 Å². The Balaban J connectivity index is 1.78. The van der Waals surface area contributed by atoms with Crippen LogP contribution in [0.3, 0.4) is 0 Å². The van der Waals surface area contributed by atoms with E-state index < -0.39 is 5.97 Å². The van der Waals surface area contributed by atoms with Gasteiger partial charge in [-0.1, -0.05) is 43.1 Å². The number of hydrogen-bond donors (Lipinski definition) is 0. The van der Waals surface area contributed by atoms with Crippen LogP contribution >= 0.6 is 11.6 Å². The molecule has 128 valence electrons. The molecule has 0 aromatic heterocycles. The van der Waals surface area contributed by atoms with Gasteiger partial charge in [0.15, 0.2) is 0 Å². The Morgan fingerprint density at radius 3 is 2.50 bits per heavy atom. The molecule has 0 aliphatic heterocycles. The maximum atomic E-state index is 12.0. The molecule has 0 spiro atoms. The van der Waals surface area contributed by atoms with Gasteiger partial charge in [0.25, 0.3) is 0 Å². The average Bonchev–Trinajstić information content (AvgIpc) is 2.61. The largest absolute Gasteiger partial charge is 0.492 e. The number of carbonyl (C=O) groups is 1. The Labute approximate surface area is 147 Å². The number of rotatable bonds is 9. The van der Waals surface area contributed by atoms with E-state index in [4.69, 9.17) is 25.8 Å². The van der Waals surface area contributed by atoms with Gasteiger partial charge in [0, 0.05) is 0 Å². The third-order valence-electron chi connectivity index (χ3n) is 3.25. The molecule has 5 heteroatoms. The van der Waals surface area contributed by atoms with Gasteiger partial charge in [-0.15, -0.1) is 0 Å². The highest BCUT2D eigenvalue weighted by molar-refractivity contribution is 6.32. The van der Waals surface area contributed by atoms with Crippen molar-refractivity contribution in [3.8, 4) is 11.5 Å². The van der Waals surface area contributed by atoms with Crippen LogP contribution in [0.25, 0.3) is 0 Å². The van der Waals surface area contributed by atoms with Crippen LogP contribution in [0, 0.1) is 0 Å². The molecule has 0 saturated carbocycles. The van der Waals surface area contributed by atoms with Crippen molar-refractivity contribution in [1.29, 1.82) is 0 Å². The lowest BCUT2D eigenvalue weighted by Crippen LogP contribution is -2.12. The fourth-order valence-corrected chi connectivity index (χ4v) is 2.20. The Kier molecular flexibility index (Phi) is 7.43. The summed E-state index contributed by atoms with van der Waals surface area (Å²) >= 11 is 6.14. The summed E-state index contributed by atoms with van der Waals surface area (Å²) in [5, 5.41) is 0.404. The molecule has 0 radical (unpaired) electrons. The number of benzene rings is 2. The minimum absolute atomic E-state index is 0.167. The third-order valence-corrected chi connectivity index (χ3v) is 3.55. The molecule has 0 aliphatic carbocycles. The van der Waals surface area contributed by atoms with E-state index in [1.807, 2.05) is 30.3 Å². The predicted molar refractivity (Wildman–Crippen MR) is 94.1 cm³/mol. The van der Waals surface area contributed by atoms with Gasteiger partial charge in [-0.25, -0.2) is 4.79 Å². The molecule has 0 heterocycles. The molecular formula is C19H21ClO4. The third kappa shape index (κ3) is 5.78. The summed E-state index contributed by atoms with van der Waals surface area (Å²) in [5.41, 5.74) is 0.391. The Morgan fingerprint density at radius 1 is 1.00 bits per heavy atom. The highest BCUT2D eigenvalue weighted by Crippen LogP contribution is 2.26. The van der Waals surface area contributed by atoms with Crippen molar-refractivity contribution in [2.45, 2.75) is 19.8 Å². The zero-order chi connectivity index (χ0) is 17.2. The quantitative estimate of drug-likeness (QED) is 0.484. The normalized spacial score (nSPS) is 10.2. The lowest BCUT2D eigenvalue weighted by molar-refractivity contribution is 0.0450. The number of ether oxygens (including phenoxy) is 3. The predicted octanol–water partition coefficient (Wildman–Crippen LogP) is 4.75. The van der Waals surface area contributed by atoms with Gasteiger partial charge >= 0.3 is 5.97 Å². The van der Waals surface area contributed by atoms with E-state index in [1.165, 1.54) is 0 Å². The maximum absolute atomic E-state index is 12.0. The SMILES string of the molecule is CCCCOc1ccc(C(=O)OCCOc2ccccc2)cc1Cl. The smallest absolute Gasteiger partial charge is 0.338 e. The van der Waals surface area contributed by atoms with Gasteiger partial charge in [0.05, 0.1) is 17.2 Å². The van der Waals surface area contributed by atoms with Crippen molar-refractivity contribution >= 4 is 17.6 Å². The van der Waals surface area contributed by atoms with E-state index in [2.05, 4.69) is 6.92 Å². The second kappa shape index (κ2) is 9.83. The van der Waals surface area contributed by atoms with Crippen molar-refractivity contribution in [3.05, 3.63) is 59.1 Å².